The highest BCUT2D eigenvalue weighted by Gasteiger charge is 2.42. The fourth-order valence-electron chi connectivity index (χ4n) is 2.72. The summed E-state index contributed by atoms with van der Waals surface area (Å²) >= 11 is 0. The topological polar surface area (TPSA) is 80.4 Å². The number of carboxylic acids is 1. The fraction of sp³-hybridized carbons (Fsp3) is 0.375. The summed E-state index contributed by atoms with van der Waals surface area (Å²) in [5.41, 5.74) is 6.65. The highest BCUT2D eigenvalue weighted by Crippen LogP contribution is 2.27. The molecule has 1 heterocycles. The number of carbonyl (C=O) groups is 2. The summed E-state index contributed by atoms with van der Waals surface area (Å²) in [6, 6.07) is 8.34. The first-order chi connectivity index (χ1) is 10.1. The van der Waals surface area contributed by atoms with Crippen LogP contribution in [0.4, 0.5) is 5.69 Å². The Kier molecular flexibility index (Phi) is 4.88. The number of para-hydroxylation sites is 1. The van der Waals surface area contributed by atoms with E-state index in [0.29, 0.717) is 12.1 Å². The summed E-state index contributed by atoms with van der Waals surface area (Å²) < 4.78 is -0.350. The number of hydrogen-bond acceptors (Lipinski definition) is 3. The zero-order valence-corrected chi connectivity index (χ0v) is 11.9. The second-order valence-electron chi connectivity index (χ2n) is 5.37. The number of nitrogens with zero attached hydrogens (tertiary/aromatic N) is 1. The van der Waals surface area contributed by atoms with E-state index >= 15 is 0 Å². The van der Waals surface area contributed by atoms with Crippen molar-refractivity contribution in [3.8, 4) is 0 Å². The molecule has 0 aliphatic carbocycles. The van der Waals surface area contributed by atoms with E-state index in [1.54, 1.807) is 30.5 Å². The van der Waals surface area contributed by atoms with Crippen LogP contribution in [-0.4, -0.2) is 29.6 Å². The summed E-state index contributed by atoms with van der Waals surface area (Å²) in [6.45, 7) is -0.326. The third kappa shape index (κ3) is 3.37. The molecule has 0 saturated carbocycles. The smallest absolute Gasteiger partial charge is 0.360 e. The van der Waals surface area contributed by atoms with Crippen molar-refractivity contribution in [3.63, 3.8) is 0 Å². The number of benzene rings is 1. The van der Waals surface area contributed by atoms with Gasteiger partial charge in [-0.2, -0.15) is 4.48 Å². The van der Waals surface area contributed by atoms with Crippen molar-refractivity contribution in [3.05, 3.63) is 42.6 Å². The zero-order valence-electron chi connectivity index (χ0n) is 11.9. The minimum atomic E-state index is -1.02. The molecule has 0 saturated heterocycles. The maximum atomic E-state index is 12.8. The van der Waals surface area contributed by atoms with Crippen molar-refractivity contribution < 1.29 is 14.7 Å². The number of hydrogen-bond donors (Lipinski definition) is 2. The van der Waals surface area contributed by atoms with Gasteiger partial charge in [0.25, 0.3) is 0 Å². The van der Waals surface area contributed by atoms with Crippen molar-refractivity contribution in [2.24, 2.45) is 5.73 Å². The van der Waals surface area contributed by atoms with Gasteiger partial charge < -0.3 is 10.8 Å². The van der Waals surface area contributed by atoms with Gasteiger partial charge in [-0.3, -0.25) is 0 Å². The van der Waals surface area contributed by atoms with Gasteiger partial charge in [-0.05, 0) is 25.3 Å². The summed E-state index contributed by atoms with van der Waals surface area (Å²) in [4.78, 5) is 24.2. The van der Waals surface area contributed by atoms with Gasteiger partial charge in [-0.15, -0.1) is 0 Å². The van der Waals surface area contributed by atoms with Crippen LogP contribution in [0.3, 0.4) is 0 Å². The van der Waals surface area contributed by atoms with Gasteiger partial charge in [0.2, 0.25) is 0 Å². The van der Waals surface area contributed by atoms with Crippen LogP contribution in [0.5, 0.6) is 0 Å². The molecule has 0 bridgehead atoms. The Balaban J connectivity index is 2.55. The molecule has 112 valence electrons. The largest absolute Gasteiger partial charge is 0.477 e. The van der Waals surface area contributed by atoms with Gasteiger partial charge in [0.1, 0.15) is 17.9 Å². The van der Waals surface area contributed by atoms with Crippen molar-refractivity contribution in [2.45, 2.75) is 31.7 Å². The van der Waals surface area contributed by atoms with Crippen molar-refractivity contribution in [1.29, 1.82) is 0 Å². The highest BCUT2D eigenvalue weighted by molar-refractivity contribution is 5.97. The van der Waals surface area contributed by atoms with Gasteiger partial charge in [0, 0.05) is 12.1 Å². The molecule has 0 fully saturated rings. The lowest BCUT2D eigenvalue weighted by molar-refractivity contribution is -0.142. The second-order valence-corrected chi connectivity index (χ2v) is 5.37. The van der Waals surface area contributed by atoms with Crippen molar-refractivity contribution >= 4 is 17.6 Å². The van der Waals surface area contributed by atoms with E-state index in [1.807, 2.05) is 12.1 Å². The average molecular weight is 289 g/mol. The van der Waals surface area contributed by atoms with Crippen LogP contribution in [0.15, 0.2) is 42.6 Å². The molecule has 0 spiro atoms. The van der Waals surface area contributed by atoms with Crippen LogP contribution in [0.1, 0.15) is 25.7 Å². The molecule has 5 heteroatoms. The Bertz CT molecular complexity index is 542. The van der Waals surface area contributed by atoms with Crippen LogP contribution in [-0.2, 0) is 9.59 Å². The Hall–Kier alpha value is -1.98. The number of nitrogens with two attached hydrogens (primary N) is 1. The molecule has 21 heavy (non-hydrogen) atoms. The molecular weight excluding hydrogens is 268 g/mol. The molecule has 2 rings (SSSR count). The fourth-order valence-corrected chi connectivity index (χ4v) is 2.72. The molecule has 1 aliphatic heterocycles. The first-order valence-electron chi connectivity index (χ1n) is 7.19. The Labute approximate surface area is 124 Å². The molecule has 0 aromatic heterocycles. The lowest BCUT2D eigenvalue weighted by atomic mass is 10.1. The quantitative estimate of drug-likeness (QED) is 0.834. The predicted molar refractivity (Wildman–Crippen MR) is 81.3 cm³/mol. The third-order valence-corrected chi connectivity index (χ3v) is 3.81. The Morgan fingerprint density at radius 3 is 2.67 bits per heavy atom. The average Bonchev–Trinajstić information content (AvgIpc) is 2.54. The zero-order chi connectivity index (χ0) is 15.3. The van der Waals surface area contributed by atoms with Crippen LogP contribution in [0, 0.1) is 0 Å². The lowest BCUT2D eigenvalue weighted by Crippen LogP contribution is -2.58. The number of allylic oxidation sites excluding steroid dienone is 1. The van der Waals surface area contributed by atoms with Crippen molar-refractivity contribution in [2.75, 3.05) is 6.54 Å². The summed E-state index contributed by atoms with van der Waals surface area (Å²) in [7, 11) is 0. The molecule has 1 aromatic carbocycles. The van der Waals surface area contributed by atoms with E-state index < -0.39 is 12.0 Å². The monoisotopic (exact) mass is 289 g/mol. The predicted octanol–water partition coefficient (Wildman–Crippen LogP) is 2.02. The summed E-state index contributed by atoms with van der Waals surface area (Å²) in [5.74, 6) is -1.29. The maximum absolute atomic E-state index is 12.8. The number of quaternary nitrogens is 1. The SMILES string of the molecule is NC1CCCCC=C[N+](CC(=O)O)(c2ccccc2)C1=O. The maximum Gasteiger partial charge on any atom is 0.360 e. The van der Waals surface area contributed by atoms with Gasteiger partial charge in [0.05, 0.1) is 0 Å². The first-order valence-corrected chi connectivity index (χ1v) is 7.19. The number of rotatable bonds is 3. The van der Waals surface area contributed by atoms with Gasteiger partial charge in [-0.1, -0.05) is 24.6 Å². The minimum absolute atomic E-state index is 0.262. The van der Waals surface area contributed by atoms with Crippen LogP contribution in [0.25, 0.3) is 0 Å². The molecule has 1 aliphatic rings. The Morgan fingerprint density at radius 2 is 2.00 bits per heavy atom. The van der Waals surface area contributed by atoms with Crippen LogP contribution >= 0.6 is 0 Å². The molecule has 2 atom stereocenters. The van der Waals surface area contributed by atoms with E-state index in [1.165, 1.54) is 0 Å². The standard InChI is InChI=1S/C16H20N2O3/c17-14-10-6-1-2-7-11-18(16(14)21,12-15(19)20)13-8-4-3-5-9-13/h3-5,7-9,11,14H,1-2,6,10,12,17H2/p+1. The number of aliphatic carboxylic acids is 1. The second kappa shape index (κ2) is 6.65. The third-order valence-electron chi connectivity index (χ3n) is 3.81. The number of carboxylic acid groups (broad SMARTS) is 1. The molecule has 5 nitrogen and oxygen atoms in total. The molecule has 2 unspecified atom stereocenters. The van der Waals surface area contributed by atoms with Crippen LogP contribution in [0.2, 0.25) is 0 Å². The van der Waals surface area contributed by atoms with Gasteiger partial charge in [-0.25, -0.2) is 9.59 Å². The number of amides is 1. The minimum Gasteiger partial charge on any atom is -0.477 e. The van der Waals surface area contributed by atoms with Crippen molar-refractivity contribution in [1.82, 2.24) is 4.48 Å². The lowest BCUT2D eigenvalue weighted by Gasteiger charge is -2.31. The van der Waals surface area contributed by atoms with Gasteiger partial charge in [0.15, 0.2) is 6.54 Å². The van der Waals surface area contributed by atoms with E-state index in [-0.39, 0.29) is 16.9 Å². The summed E-state index contributed by atoms with van der Waals surface area (Å²) in [6.07, 6.45) is 6.83. The number of carbonyl (C=O) groups excluding carboxylic acids is 1. The molecule has 3 N–H and O–H groups in total. The molecule has 0 radical (unpaired) electrons. The van der Waals surface area contributed by atoms with E-state index in [4.69, 9.17) is 5.73 Å². The summed E-state index contributed by atoms with van der Waals surface area (Å²) in [5, 5.41) is 9.29. The van der Waals surface area contributed by atoms with E-state index in [9.17, 15) is 14.7 Å². The van der Waals surface area contributed by atoms with Gasteiger partial charge >= 0.3 is 11.9 Å². The highest BCUT2D eigenvalue weighted by atomic mass is 16.4. The van der Waals surface area contributed by atoms with E-state index in [2.05, 4.69) is 0 Å². The van der Waals surface area contributed by atoms with Crippen LogP contribution < -0.4 is 10.2 Å². The normalized spacial score (nSPS) is 26.7. The molecule has 1 aromatic rings. The Morgan fingerprint density at radius 1 is 1.29 bits per heavy atom. The van der Waals surface area contributed by atoms with E-state index in [0.717, 1.165) is 19.3 Å². The first kappa shape index (κ1) is 15.4. The molecular formula is C16H21N2O3+. The molecule has 1 amide bonds.